The summed E-state index contributed by atoms with van der Waals surface area (Å²) in [5.74, 6) is -1.96. The number of hydrogen-bond donors (Lipinski definition) is 4. The first-order valence-corrected chi connectivity index (χ1v) is 10.9. The molecule has 0 amide bonds. The minimum absolute atomic E-state index is 0.0134. The Hall–Kier alpha value is -2.53. The molecule has 0 aromatic heterocycles. The number of benzene rings is 1. The first-order valence-electron chi connectivity index (χ1n) is 9.79. The molecule has 1 atom stereocenters. The molecule has 32 heavy (non-hydrogen) atoms. The van der Waals surface area contributed by atoms with Crippen LogP contribution in [0.3, 0.4) is 0 Å². The zero-order chi connectivity index (χ0) is 23.1. The molecule has 2 aliphatic rings. The second kappa shape index (κ2) is 11.4. The van der Waals surface area contributed by atoms with Gasteiger partial charge in [-0.15, -0.1) is 11.8 Å². The van der Waals surface area contributed by atoms with Crippen LogP contribution in [0.1, 0.15) is 0 Å². The van der Waals surface area contributed by atoms with Crippen LogP contribution in [0.4, 0.5) is 34.6 Å². The van der Waals surface area contributed by atoms with E-state index < -0.39 is 24.2 Å². The molecule has 5 nitrogen and oxygen atoms in total. The number of alkyl halides is 2. The van der Waals surface area contributed by atoms with Gasteiger partial charge in [-0.3, -0.25) is 10.3 Å². The van der Waals surface area contributed by atoms with E-state index in [-0.39, 0.29) is 36.1 Å². The van der Waals surface area contributed by atoms with Gasteiger partial charge in [0.25, 0.3) is 0 Å². The Balaban J connectivity index is 1.60. The molecule has 172 valence electrons. The second-order valence-corrected chi connectivity index (χ2v) is 8.09. The van der Waals surface area contributed by atoms with Crippen molar-refractivity contribution in [1.29, 1.82) is 0 Å². The molecule has 2 aliphatic carbocycles. The van der Waals surface area contributed by atoms with E-state index in [0.29, 0.717) is 10.8 Å². The molecule has 0 aliphatic heterocycles. The fourth-order valence-electron chi connectivity index (χ4n) is 3.04. The number of hydroxylamine groups is 1. The lowest BCUT2D eigenvalue weighted by Crippen LogP contribution is -2.37. The highest BCUT2D eigenvalue weighted by molar-refractivity contribution is 7.99. The number of nitrogens with zero attached hydrogens (tertiary/aromatic N) is 1. The highest BCUT2D eigenvalue weighted by Crippen LogP contribution is 2.29. The van der Waals surface area contributed by atoms with Gasteiger partial charge in [0.05, 0.1) is 24.1 Å². The van der Waals surface area contributed by atoms with Gasteiger partial charge in [0, 0.05) is 30.2 Å². The van der Waals surface area contributed by atoms with Gasteiger partial charge in [0.15, 0.2) is 11.6 Å². The highest BCUT2D eigenvalue weighted by Gasteiger charge is 2.17. The third-order valence-electron chi connectivity index (χ3n) is 4.58. The van der Waals surface area contributed by atoms with Crippen molar-refractivity contribution >= 4 is 28.8 Å². The summed E-state index contributed by atoms with van der Waals surface area (Å²) in [5.41, 5.74) is 1.93. The standard InChI is InChI=1S/C22H23F4N3O2S/c23-19-8-17(29(31)11-18(30)10-27-13-32-12-21(25)26)9-20(24)22(19)28-16-6-4-14-2-1-3-15(14)5-7-16/h1-9,18,21,27-28,30-31H,10-13H2/t18-/m0/s1. The molecule has 0 bridgehead atoms. The first-order chi connectivity index (χ1) is 15.3. The van der Waals surface area contributed by atoms with E-state index in [9.17, 15) is 27.9 Å². The van der Waals surface area contributed by atoms with Crippen LogP contribution < -0.4 is 15.7 Å². The molecule has 10 heteroatoms. The van der Waals surface area contributed by atoms with Crippen molar-refractivity contribution in [3.05, 3.63) is 66.2 Å². The van der Waals surface area contributed by atoms with E-state index in [1.807, 2.05) is 30.3 Å². The number of aliphatic hydroxyl groups is 1. The Morgan fingerprint density at radius 3 is 2.19 bits per heavy atom. The summed E-state index contributed by atoms with van der Waals surface area (Å²) in [5, 5.41) is 26.0. The maximum atomic E-state index is 14.6. The van der Waals surface area contributed by atoms with Gasteiger partial charge >= 0.3 is 0 Å². The van der Waals surface area contributed by atoms with Crippen molar-refractivity contribution in [1.82, 2.24) is 5.32 Å². The summed E-state index contributed by atoms with van der Waals surface area (Å²) in [6.07, 6.45) is -3.50. The molecule has 0 fully saturated rings. The Kier molecular flexibility index (Phi) is 8.57. The summed E-state index contributed by atoms with van der Waals surface area (Å²) in [6.45, 7) is -0.318. The van der Waals surface area contributed by atoms with E-state index in [1.165, 1.54) is 0 Å². The summed E-state index contributed by atoms with van der Waals surface area (Å²) >= 11 is 0.971. The zero-order valence-corrected chi connectivity index (χ0v) is 17.8. The van der Waals surface area contributed by atoms with E-state index in [2.05, 4.69) is 10.6 Å². The van der Waals surface area contributed by atoms with E-state index >= 15 is 0 Å². The molecule has 1 aromatic rings. The Morgan fingerprint density at radius 2 is 1.59 bits per heavy atom. The van der Waals surface area contributed by atoms with Crippen LogP contribution >= 0.6 is 11.8 Å². The van der Waals surface area contributed by atoms with Gasteiger partial charge in [0.2, 0.25) is 6.43 Å². The number of halogens is 4. The Labute approximate surface area is 187 Å². The van der Waals surface area contributed by atoms with Crippen LogP contribution in [0, 0.1) is 11.6 Å². The third kappa shape index (κ3) is 6.73. The number of aliphatic hydroxyl groups excluding tert-OH is 1. The lowest BCUT2D eigenvalue weighted by Gasteiger charge is -2.22. The maximum absolute atomic E-state index is 14.6. The first kappa shape index (κ1) is 24.1. The number of nitrogens with one attached hydrogen (secondary N) is 2. The fourth-order valence-corrected chi connectivity index (χ4v) is 3.60. The summed E-state index contributed by atoms with van der Waals surface area (Å²) in [6, 6.07) is 14.7. The van der Waals surface area contributed by atoms with Crippen LogP contribution in [-0.2, 0) is 0 Å². The number of anilines is 3. The lowest BCUT2D eigenvalue weighted by molar-refractivity contribution is 0.137. The predicted molar refractivity (Wildman–Crippen MR) is 119 cm³/mol. The molecular weight excluding hydrogens is 446 g/mol. The number of thioether (sulfide) groups is 1. The number of hydrogen-bond acceptors (Lipinski definition) is 6. The molecule has 0 spiro atoms. The van der Waals surface area contributed by atoms with Crippen molar-refractivity contribution in [3.63, 3.8) is 0 Å². The van der Waals surface area contributed by atoms with Gasteiger partial charge in [-0.2, -0.15) is 0 Å². The maximum Gasteiger partial charge on any atom is 0.247 e. The Morgan fingerprint density at radius 1 is 0.969 bits per heavy atom. The monoisotopic (exact) mass is 469 g/mol. The molecule has 4 N–H and O–H groups in total. The van der Waals surface area contributed by atoms with Crippen molar-refractivity contribution in [2.75, 3.05) is 35.1 Å². The summed E-state index contributed by atoms with van der Waals surface area (Å²) < 4.78 is 53.3. The topological polar surface area (TPSA) is 67.8 Å². The van der Waals surface area contributed by atoms with E-state index in [4.69, 9.17) is 0 Å². The summed E-state index contributed by atoms with van der Waals surface area (Å²) in [4.78, 5) is 0. The molecule has 0 heterocycles. The van der Waals surface area contributed by atoms with Crippen LogP contribution in [-0.4, -0.2) is 47.6 Å². The molecule has 3 rings (SSSR count). The van der Waals surface area contributed by atoms with Crippen molar-refractivity contribution in [3.8, 4) is 11.1 Å². The zero-order valence-electron chi connectivity index (χ0n) is 16.9. The molecule has 0 unspecified atom stereocenters. The van der Waals surface area contributed by atoms with Gasteiger partial charge in [-0.25, -0.2) is 17.6 Å². The molecule has 1 aromatic carbocycles. The lowest BCUT2D eigenvalue weighted by atomic mass is 10.2. The van der Waals surface area contributed by atoms with Crippen LogP contribution in [0.15, 0.2) is 54.6 Å². The molecular formula is C22H23F4N3O2S. The highest BCUT2D eigenvalue weighted by atomic mass is 32.2. The molecule has 0 saturated carbocycles. The molecule has 0 saturated heterocycles. The van der Waals surface area contributed by atoms with Gasteiger partial charge < -0.3 is 15.7 Å². The van der Waals surface area contributed by atoms with Gasteiger partial charge in [-0.1, -0.05) is 30.3 Å². The second-order valence-electron chi connectivity index (χ2n) is 7.06. The third-order valence-corrected chi connectivity index (χ3v) is 5.47. The van der Waals surface area contributed by atoms with Gasteiger partial charge in [0.1, 0.15) is 5.69 Å². The Bertz CT molecular complexity index is 941. The predicted octanol–water partition coefficient (Wildman–Crippen LogP) is 4.92. The number of fused-ring (bicyclic) bond motifs is 1. The van der Waals surface area contributed by atoms with Gasteiger partial charge in [-0.05, 0) is 23.3 Å². The summed E-state index contributed by atoms with van der Waals surface area (Å²) in [7, 11) is 0. The quantitative estimate of drug-likeness (QED) is 0.138. The van der Waals surface area contributed by atoms with Crippen LogP contribution in [0.5, 0.6) is 0 Å². The SMILES string of the molecule is O[C@@H](CNCSCC(F)F)CN(O)c1cc(F)c(Nc2ccc3cccc-3cc2)c(F)c1. The fraction of sp³-hybridized carbons (Fsp3) is 0.273. The van der Waals surface area contributed by atoms with Crippen LogP contribution in [0.2, 0.25) is 0 Å². The minimum Gasteiger partial charge on any atom is -0.390 e. The average molecular weight is 470 g/mol. The normalized spacial score (nSPS) is 12.3. The van der Waals surface area contributed by atoms with Crippen LogP contribution in [0.25, 0.3) is 11.1 Å². The van der Waals surface area contributed by atoms with E-state index in [0.717, 1.165) is 35.0 Å². The number of rotatable bonds is 11. The van der Waals surface area contributed by atoms with Crippen molar-refractivity contribution < 1.29 is 27.9 Å². The smallest absolute Gasteiger partial charge is 0.247 e. The average Bonchev–Trinajstić information content (AvgIpc) is 3.10. The largest absolute Gasteiger partial charge is 0.390 e. The van der Waals surface area contributed by atoms with Crippen molar-refractivity contribution in [2.45, 2.75) is 12.5 Å². The van der Waals surface area contributed by atoms with E-state index in [1.54, 1.807) is 12.1 Å². The van der Waals surface area contributed by atoms with Crippen molar-refractivity contribution in [2.24, 2.45) is 0 Å². The molecule has 0 radical (unpaired) electrons. The minimum atomic E-state index is -2.41.